The fraction of sp³-hybridized carbons (Fsp3) is 0.273. The molecule has 1 aromatic carbocycles. The van der Waals surface area contributed by atoms with E-state index >= 15 is 0 Å². The summed E-state index contributed by atoms with van der Waals surface area (Å²) in [5, 5.41) is 19.3. The maximum Gasteiger partial charge on any atom is 0.328 e. The first-order valence-electron chi connectivity index (χ1n) is 5.04. The molecule has 0 unspecified atom stereocenters. The topological polar surface area (TPSA) is 95.9 Å². The third kappa shape index (κ3) is 4.38. The smallest absolute Gasteiger partial charge is 0.328 e. The molecule has 0 aliphatic rings. The second-order valence-electron chi connectivity index (χ2n) is 3.38. The number of aliphatic carboxylic acids is 1. The maximum absolute atomic E-state index is 12.6. The van der Waals surface area contributed by atoms with Crippen molar-refractivity contribution in [3.05, 3.63) is 30.1 Å². The Morgan fingerprint density at radius 2 is 1.94 bits per heavy atom. The zero-order valence-corrected chi connectivity index (χ0v) is 9.30. The predicted molar refractivity (Wildman–Crippen MR) is 58.5 cm³/mol. The van der Waals surface area contributed by atoms with E-state index in [1.165, 1.54) is 24.3 Å². The molecule has 0 aliphatic carbocycles. The average molecular weight is 257 g/mol. The Hall–Kier alpha value is -2.15. The third-order valence-electron chi connectivity index (χ3n) is 2.00. The summed E-state index contributed by atoms with van der Waals surface area (Å²) in [5.74, 6) is -2.19. The van der Waals surface area contributed by atoms with Crippen molar-refractivity contribution in [1.29, 1.82) is 0 Å². The number of rotatable bonds is 6. The van der Waals surface area contributed by atoms with Gasteiger partial charge in [-0.3, -0.25) is 4.79 Å². The number of hydrogen-bond acceptors (Lipinski definition) is 4. The molecule has 1 aromatic rings. The Morgan fingerprint density at radius 3 is 2.44 bits per heavy atom. The number of carbonyl (C=O) groups excluding carboxylic acids is 1. The number of benzene rings is 1. The maximum atomic E-state index is 12.6. The number of carbonyl (C=O) groups is 2. The molecule has 6 nitrogen and oxygen atoms in total. The van der Waals surface area contributed by atoms with E-state index in [1.807, 2.05) is 0 Å². The highest BCUT2D eigenvalue weighted by Crippen LogP contribution is 2.10. The summed E-state index contributed by atoms with van der Waals surface area (Å²) in [6, 6.07) is 3.64. The van der Waals surface area contributed by atoms with Crippen molar-refractivity contribution in [3.63, 3.8) is 0 Å². The van der Waals surface area contributed by atoms with Gasteiger partial charge in [-0.05, 0) is 24.3 Å². The van der Waals surface area contributed by atoms with E-state index in [0.29, 0.717) is 0 Å². The Bertz CT molecular complexity index is 420. The van der Waals surface area contributed by atoms with Crippen molar-refractivity contribution in [2.75, 3.05) is 13.2 Å². The van der Waals surface area contributed by atoms with Crippen LogP contribution in [0.2, 0.25) is 0 Å². The zero-order valence-electron chi connectivity index (χ0n) is 9.30. The number of aliphatic hydroxyl groups is 1. The molecule has 98 valence electrons. The lowest BCUT2D eigenvalue weighted by atomic mass is 10.3. The molecule has 0 fully saturated rings. The summed E-state index contributed by atoms with van der Waals surface area (Å²) < 4.78 is 17.6. The quantitative estimate of drug-likeness (QED) is 0.654. The standard InChI is InChI=1S/C11H12FNO5/c12-7-1-3-8(4-2-7)18-6-10(15)13-9(5-14)11(16)17/h1-4,9,14H,5-6H2,(H,13,15)(H,16,17)/t9-/m0/s1. The predicted octanol–water partition coefficient (Wildman–Crippen LogP) is -0.234. The fourth-order valence-electron chi connectivity index (χ4n) is 1.10. The van der Waals surface area contributed by atoms with Gasteiger partial charge in [0.25, 0.3) is 5.91 Å². The van der Waals surface area contributed by atoms with E-state index < -0.39 is 36.9 Å². The number of hydrogen-bond donors (Lipinski definition) is 3. The minimum absolute atomic E-state index is 0.280. The van der Waals surface area contributed by atoms with Crippen LogP contribution in [0.4, 0.5) is 4.39 Å². The number of aliphatic hydroxyl groups excluding tert-OH is 1. The van der Waals surface area contributed by atoms with Crippen LogP contribution in [-0.2, 0) is 9.59 Å². The van der Waals surface area contributed by atoms with Crippen molar-refractivity contribution in [2.24, 2.45) is 0 Å². The summed E-state index contributed by atoms with van der Waals surface area (Å²) in [7, 11) is 0. The van der Waals surface area contributed by atoms with Gasteiger partial charge in [0.05, 0.1) is 6.61 Å². The zero-order chi connectivity index (χ0) is 13.5. The normalized spacial score (nSPS) is 11.7. The minimum Gasteiger partial charge on any atom is -0.484 e. The van der Waals surface area contributed by atoms with Crippen LogP contribution in [0.25, 0.3) is 0 Å². The van der Waals surface area contributed by atoms with Crippen molar-refractivity contribution in [3.8, 4) is 5.75 Å². The van der Waals surface area contributed by atoms with Crippen molar-refractivity contribution in [2.45, 2.75) is 6.04 Å². The highest BCUT2D eigenvalue weighted by Gasteiger charge is 2.18. The SMILES string of the molecule is O=C(COc1ccc(F)cc1)N[C@@H](CO)C(=O)O. The van der Waals surface area contributed by atoms with Crippen LogP contribution in [0.1, 0.15) is 0 Å². The van der Waals surface area contributed by atoms with E-state index in [-0.39, 0.29) is 5.75 Å². The summed E-state index contributed by atoms with van der Waals surface area (Å²) in [5.41, 5.74) is 0. The molecule has 0 radical (unpaired) electrons. The molecule has 0 saturated carbocycles. The lowest BCUT2D eigenvalue weighted by molar-refractivity contribution is -0.143. The van der Waals surface area contributed by atoms with Gasteiger partial charge in [0.15, 0.2) is 6.61 Å². The molecule has 7 heteroatoms. The minimum atomic E-state index is -1.37. The molecule has 0 saturated heterocycles. The Balaban J connectivity index is 2.41. The van der Waals surface area contributed by atoms with Gasteiger partial charge in [-0.25, -0.2) is 9.18 Å². The lowest BCUT2D eigenvalue weighted by Crippen LogP contribution is -2.45. The monoisotopic (exact) mass is 257 g/mol. The molecule has 0 spiro atoms. The molecule has 1 rings (SSSR count). The molecule has 3 N–H and O–H groups in total. The van der Waals surface area contributed by atoms with Crippen LogP contribution >= 0.6 is 0 Å². The molecule has 0 bridgehead atoms. The molecular weight excluding hydrogens is 245 g/mol. The molecule has 0 aromatic heterocycles. The van der Waals surface area contributed by atoms with Gasteiger partial charge in [-0.15, -0.1) is 0 Å². The highest BCUT2D eigenvalue weighted by molar-refractivity contribution is 5.84. The van der Waals surface area contributed by atoms with Crippen LogP contribution in [-0.4, -0.2) is 41.3 Å². The molecule has 18 heavy (non-hydrogen) atoms. The first kappa shape index (κ1) is 13.9. The largest absolute Gasteiger partial charge is 0.484 e. The number of carboxylic acid groups (broad SMARTS) is 1. The van der Waals surface area contributed by atoms with Crippen molar-refractivity contribution < 1.29 is 28.9 Å². The molecule has 1 atom stereocenters. The summed E-state index contributed by atoms with van der Waals surface area (Å²) in [6.45, 7) is -1.13. The van der Waals surface area contributed by atoms with Crippen LogP contribution in [0, 0.1) is 5.82 Å². The van der Waals surface area contributed by atoms with E-state index in [4.69, 9.17) is 14.9 Å². The summed E-state index contributed by atoms with van der Waals surface area (Å²) >= 11 is 0. The molecular formula is C11H12FNO5. The van der Waals surface area contributed by atoms with E-state index in [9.17, 15) is 14.0 Å². The number of amides is 1. The van der Waals surface area contributed by atoms with Gasteiger partial charge < -0.3 is 20.3 Å². The molecule has 0 aliphatic heterocycles. The Labute approximate surface area is 102 Å². The second-order valence-corrected chi connectivity index (χ2v) is 3.38. The van der Waals surface area contributed by atoms with Gasteiger partial charge in [0.2, 0.25) is 0 Å². The van der Waals surface area contributed by atoms with Gasteiger partial charge in [-0.1, -0.05) is 0 Å². The highest BCUT2D eigenvalue weighted by atomic mass is 19.1. The average Bonchev–Trinajstić information content (AvgIpc) is 2.35. The van der Waals surface area contributed by atoms with Crippen LogP contribution in [0.5, 0.6) is 5.75 Å². The first-order chi connectivity index (χ1) is 8.52. The van der Waals surface area contributed by atoms with Gasteiger partial charge in [0.1, 0.15) is 17.6 Å². The van der Waals surface area contributed by atoms with Crippen molar-refractivity contribution in [1.82, 2.24) is 5.32 Å². The third-order valence-corrected chi connectivity index (χ3v) is 2.00. The number of carboxylic acids is 1. The van der Waals surface area contributed by atoms with Crippen LogP contribution in [0.15, 0.2) is 24.3 Å². The van der Waals surface area contributed by atoms with Gasteiger partial charge in [-0.2, -0.15) is 0 Å². The molecule has 0 heterocycles. The van der Waals surface area contributed by atoms with Crippen LogP contribution in [0.3, 0.4) is 0 Å². The summed E-state index contributed by atoms with van der Waals surface area (Å²) in [4.78, 5) is 21.8. The summed E-state index contributed by atoms with van der Waals surface area (Å²) in [6.07, 6.45) is 0. The van der Waals surface area contributed by atoms with E-state index in [0.717, 1.165) is 0 Å². The van der Waals surface area contributed by atoms with E-state index in [2.05, 4.69) is 5.32 Å². The Kier molecular flexibility index (Phi) is 5.06. The second kappa shape index (κ2) is 6.55. The number of halogens is 1. The van der Waals surface area contributed by atoms with E-state index in [1.54, 1.807) is 0 Å². The van der Waals surface area contributed by atoms with Gasteiger partial charge >= 0.3 is 5.97 Å². The van der Waals surface area contributed by atoms with Crippen LogP contribution < -0.4 is 10.1 Å². The number of ether oxygens (including phenoxy) is 1. The van der Waals surface area contributed by atoms with Crippen molar-refractivity contribution >= 4 is 11.9 Å². The van der Waals surface area contributed by atoms with Gasteiger partial charge in [0, 0.05) is 0 Å². The fourth-order valence-corrected chi connectivity index (χ4v) is 1.10. The number of nitrogens with one attached hydrogen (secondary N) is 1. The first-order valence-corrected chi connectivity index (χ1v) is 5.04. The Morgan fingerprint density at radius 1 is 1.33 bits per heavy atom. The molecule has 1 amide bonds. The lowest BCUT2D eigenvalue weighted by Gasteiger charge is -2.12.